The summed E-state index contributed by atoms with van der Waals surface area (Å²) in [5.41, 5.74) is 4.02. The van der Waals surface area contributed by atoms with Crippen molar-refractivity contribution in [1.29, 1.82) is 0 Å². The summed E-state index contributed by atoms with van der Waals surface area (Å²) in [5, 5.41) is 26.6. The topological polar surface area (TPSA) is 269 Å². The van der Waals surface area contributed by atoms with Crippen molar-refractivity contribution in [2.75, 3.05) is 13.7 Å². The molecular weight excluding hydrogens is 678 g/mol. The molecule has 19 nitrogen and oxygen atoms in total. The quantitative estimate of drug-likeness (QED) is 0.0931. The largest absolute Gasteiger partial charge is 0.508 e. The summed E-state index contributed by atoms with van der Waals surface area (Å²) in [7, 11) is 1.19. The second-order valence-corrected chi connectivity index (χ2v) is 12.6. The van der Waals surface area contributed by atoms with Gasteiger partial charge in [0.05, 0.1) is 6.61 Å². The number of aromatic amines is 1. The van der Waals surface area contributed by atoms with Crippen molar-refractivity contribution in [3.05, 3.63) is 44.9 Å². The Morgan fingerprint density at radius 2 is 1.86 bits per heavy atom. The second-order valence-electron chi connectivity index (χ2n) is 12.6. The number of nitrogens with one attached hydrogen (secondary N) is 3. The van der Waals surface area contributed by atoms with E-state index in [4.69, 9.17) is 34.2 Å². The molecule has 284 valence electrons. The fraction of sp³-hybridized carbons (Fsp3) is 0.688. The number of nitrogens with two attached hydrogens (primary N) is 1. The Morgan fingerprint density at radius 1 is 1.12 bits per heavy atom. The monoisotopic (exact) mass is 725 g/mol. The normalized spacial score (nSPS) is 29.9. The number of ether oxygens (including phenoxy) is 6. The highest BCUT2D eigenvalue weighted by Gasteiger charge is 2.55. The van der Waals surface area contributed by atoms with Crippen LogP contribution in [0.4, 0.5) is 4.79 Å². The van der Waals surface area contributed by atoms with E-state index in [1.165, 1.54) is 7.11 Å². The molecule has 51 heavy (non-hydrogen) atoms. The second kappa shape index (κ2) is 18.3. The van der Waals surface area contributed by atoms with E-state index < -0.39 is 96.1 Å². The van der Waals surface area contributed by atoms with Gasteiger partial charge in [0.2, 0.25) is 18.1 Å². The number of aliphatic hydroxyl groups is 2. The van der Waals surface area contributed by atoms with Crippen LogP contribution in [0.2, 0.25) is 0 Å². The predicted octanol–water partition coefficient (Wildman–Crippen LogP) is -1.05. The van der Waals surface area contributed by atoms with Gasteiger partial charge >= 0.3 is 11.8 Å². The smallest absolute Gasteiger partial charge is 0.456 e. The van der Waals surface area contributed by atoms with E-state index >= 15 is 0 Å². The van der Waals surface area contributed by atoms with Crippen LogP contribution in [0.3, 0.4) is 0 Å². The number of unbranched alkanes of at least 4 members (excludes halogenated alkanes) is 4. The molecule has 0 unspecified atom stereocenters. The zero-order valence-electron chi connectivity index (χ0n) is 28.7. The summed E-state index contributed by atoms with van der Waals surface area (Å²) in [5.74, 6) is -3.01. The van der Waals surface area contributed by atoms with Gasteiger partial charge in [-0.1, -0.05) is 32.6 Å². The van der Waals surface area contributed by atoms with Crippen molar-refractivity contribution in [2.45, 2.75) is 126 Å². The summed E-state index contributed by atoms with van der Waals surface area (Å²) in [6.45, 7) is 3.95. The number of primary amides is 1. The Labute approximate surface area is 292 Å². The fourth-order valence-electron chi connectivity index (χ4n) is 6.04. The molecule has 0 bridgehead atoms. The highest BCUT2D eigenvalue weighted by atomic mass is 16.8. The minimum Gasteiger partial charge on any atom is -0.456 e. The highest BCUT2D eigenvalue weighted by Crippen LogP contribution is 2.36. The zero-order valence-corrected chi connectivity index (χ0v) is 28.7. The standard InChI is InChI=1S/C32H47N5O14/c1-4-5-6-7-8-14-47-32(45)51-25-22(46-3)23(49-29(25)37-13-12-20(39)36-31(37)44)24(26(33)41)50-30-21(40)18(38)15-19(48-30)28(43)35-17-11-9-10-16(2)34-27(17)42/h12-13,15-18,21-25,29-30,38,40H,4-11,14H2,1-3H3,(H2,33,41)(H,34,42)(H,35,43)(H,36,39,44)/t16-,17+,18+,21+,22-,23+,24-,25-,29-,30-/m1/s1. The van der Waals surface area contributed by atoms with E-state index in [0.717, 1.165) is 48.6 Å². The van der Waals surface area contributed by atoms with Crippen LogP contribution < -0.4 is 27.6 Å². The van der Waals surface area contributed by atoms with Crippen molar-refractivity contribution in [3.8, 4) is 0 Å². The molecule has 0 saturated carbocycles. The van der Waals surface area contributed by atoms with E-state index in [-0.39, 0.29) is 12.6 Å². The molecule has 0 radical (unpaired) electrons. The molecule has 3 amide bonds. The van der Waals surface area contributed by atoms with Crippen molar-refractivity contribution >= 4 is 23.9 Å². The molecule has 19 heteroatoms. The maximum atomic E-state index is 13.1. The molecule has 4 heterocycles. The van der Waals surface area contributed by atoms with Gasteiger partial charge in [0.15, 0.2) is 24.2 Å². The molecule has 0 spiro atoms. The molecule has 10 atom stereocenters. The van der Waals surface area contributed by atoms with Crippen molar-refractivity contribution in [3.63, 3.8) is 0 Å². The first-order chi connectivity index (χ1) is 24.3. The summed E-state index contributed by atoms with van der Waals surface area (Å²) in [6, 6.07) is 0.0255. The van der Waals surface area contributed by atoms with Crippen molar-refractivity contribution in [1.82, 2.24) is 20.2 Å². The Hall–Kier alpha value is -4.30. The van der Waals surface area contributed by atoms with Crippen LogP contribution in [0.15, 0.2) is 33.7 Å². The average Bonchev–Trinajstić information content (AvgIpc) is 3.33. The van der Waals surface area contributed by atoms with Gasteiger partial charge in [-0.25, -0.2) is 9.59 Å². The van der Waals surface area contributed by atoms with Crippen LogP contribution in [0.5, 0.6) is 0 Å². The van der Waals surface area contributed by atoms with Gasteiger partial charge in [-0.2, -0.15) is 0 Å². The Balaban J connectivity index is 1.54. The first-order valence-electron chi connectivity index (χ1n) is 17.0. The van der Waals surface area contributed by atoms with Gasteiger partial charge in [-0.3, -0.25) is 28.7 Å². The summed E-state index contributed by atoms with van der Waals surface area (Å²) >= 11 is 0. The Kier molecular flexibility index (Phi) is 14.1. The number of rotatable bonds is 15. The molecule has 4 rings (SSSR count). The number of nitrogens with zero attached hydrogens (tertiary/aromatic N) is 1. The third-order valence-electron chi connectivity index (χ3n) is 8.74. The van der Waals surface area contributed by atoms with Gasteiger partial charge < -0.3 is 55.0 Å². The molecule has 3 aliphatic rings. The number of H-pyrrole nitrogens is 1. The Morgan fingerprint density at radius 3 is 2.55 bits per heavy atom. The molecule has 3 aliphatic heterocycles. The molecular formula is C32H47N5O14. The molecule has 1 aromatic rings. The lowest BCUT2D eigenvalue weighted by Crippen LogP contribution is -2.54. The van der Waals surface area contributed by atoms with E-state index in [1.807, 2.05) is 6.92 Å². The predicted molar refractivity (Wildman–Crippen MR) is 173 cm³/mol. The van der Waals surface area contributed by atoms with Crippen LogP contribution in [-0.4, -0.2) is 112 Å². The van der Waals surface area contributed by atoms with E-state index in [9.17, 15) is 39.0 Å². The van der Waals surface area contributed by atoms with Crippen molar-refractivity contribution < 1.29 is 57.8 Å². The fourth-order valence-corrected chi connectivity index (χ4v) is 6.04. The average molecular weight is 726 g/mol. The van der Waals surface area contributed by atoms with Gasteiger partial charge in [0.1, 0.15) is 30.5 Å². The highest BCUT2D eigenvalue weighted by molar-refractivity contribution is 5.95. The molecule has 0 aliphatic carbocycles. The number of aliphatic hydroxyl groups excluding tert-OH is 2. The molecule has 0 aromatic carbocycles. The third-order valence-corrected chi connectivity index (χ3v) is 8.74. The Bertz CT molecular complexity index is 1530. The van der Waals surface area contributed by atoms with Gasteiger partial charge in [0, 0.05) is 25.4 Å². The first-order valence-corrected chi connectivity index (χ1v) is 17.0. The third kappa shape index (κ3) is 10.2. The maximum absolute atomic E-state index is 13.1. The number of hydrogen-bond acceptors (Lipinski definition) is 14. The van der Waals surface area contributed by atoms with Crippen LogP contribution in [0.25, 0.3) is 0 Å². The number of hydrogen-bond donors (Lipinski definition) is 6. The lowest BCUT2D eigenvalue weighted by molar-refractivity contribution is -0.241. The van der Waals surface area contributed by atoms with Gasteiger partial charge in [-0.05, 0) is 38.7 Å². The van der Waals surface area contributed by atoms with Gasteiger partial charge in [0.25, 0.3) is 11.5 Å². The number of carbonyl (C=O) groups excluding carboxylic acids is 4. The minimum atomic E-state index is -1.90. The van der Waals surface area contributed by atoms with Crippen LogP contribution in [-0.2, 0) is 42.8 Å². The van der Waals surface area contributed by atoms with E-state index in [2.05, 4.69) is 22.5 Å². The SMILES string of the molecule is CCCCCCCOC(=O)O[C@@H]1[C@H](OC)[C@@H]([C@@H](O[C@H]2OC(C(=O)N[C@H]3CCC[C@@H](C)NC3=O)=C[C@H](O)[C@@H]2O)C(N)=O)O[C@H]1n1ccc(=O)[nH]c1=O. The molecule has 2 saturated heterocycles. The number of aromatic nitrogens is 2. The number of carbonyl (C=O) groups is 4. The van der Waals surface area contributed by atoms with Crippen LogP contribution in [0, 0.1) is 0 Å². The van der Waals surface area contributed by atoms with E-state index in [0.29, 0.717) is 25.7 Å². The van der Waals surface area contributed by atoms with Crippen LogP contribution in [0.1, 0.15) is 71.4 Å². The van der Waals surface area contributed by atoms with Gasteiger partial charge in [-0.15, -0.1) is 0 Å². The molecule has 7 N–H and O–H groups in total. The van der Waals surface area contributed by atoms with Crippen LogP contribution >= 0.6 is 0 Å². The zero-order chi connectivity index (χ0) is 37.2. The summed E-state index contributed by atoms with van der Waals surface area (Å²) < 4.78 is 34.5. The maximum Gasteiger partial charge on any atom is 0.508 e. The van der Waals surface area contributed by atoms with E-state index in [1.54, 1.807) is 0 Å². The number of amides is 3. The molecule has 1 aromatic heterocycles. The summed E-state index contributed by atoms with van der Waals surface area (Å²) in [4.78, 5) is 78.0. The summed E-state index contributed by atoms with van der Waals surface area (Å²) in [6.07, 6.45) is -6.37. The lowest BCUT2D eigenvalue weighted by atomic mass is 10.0. The van der Waals surface area contributed by atoms with Crippen molar-refractivity contribution in [2.24, 2.45) is 5.73 Å². The minimum absolute atomic E-state index is 0.0424. The molecule has 2 fully saturated rings. The lowest BCUT2D eigenvalue weighted by Gasteiger charge is -2.35. The number of methoxy groups -OCH3 is 1. The first kappa shape index (κ1) is 39.5.